The van der Waals surface area contributed by atoms with Gasteiger partial charge in [0, 0.05) is 54.9 Å². The number of hydrogen-bond acceptors (Lipinski definition) is 7. The Bertz CT molecular complexity index is 3130. The minimum Gasteiger partial charge on any atom is -0.455 e. The van der Waals surface area contributed by atoms with E-state index in [2.05, 4.69) is 99.9 Å². The Kier molecular flexibility index (Phi) is 7.35. The fraction of sp³-hybridized carbons (Fsp3) is 0. The van der Waals surface area contributed by atoms with E-state index < -0.39 is 0 Å². The van der Waals surface area contributed by atoms with Gasteiger partial charge in [-0.3, -0.25) is 0 Å². The second-order valence-electron chi connectivity index (χ2n) is 13.7. The van der Waals surface area contributed by atoms with Crippen LogP contribution >= 0.6 is 0 Å². The van der Waals surface area contributed by atoms with E-state index in [-0.39, 0.29) is 0 Å². The molecular formula is C49H29N5O2. The lowest BCUT2D eigenvalue weighted by Crippen LogP contribution is -1.97. The van der Waals surface area contributed by atoms with Gasteiger partial charge in [-0.05, 0) is 53.6 Å². The minimum absolute atomic E-state index is 0.594. The standard InChI is InChI=1S/C49H29N5O2/c1-2-11-30(12-3-1)49-53-42(31-13-8-14-32(23-31)48-51-28-50-29-52-48)27-43(54-49)35-25-33(36-17-9-19-40-38-15-4-6-21-44(38)55-46(36)40)24-34(26-35)37-18-10-20-41-39-16-5-7-22-45(39)56-47(37)41/h1-29H. The molecule has 11 aromatic rings. The molecule has 0 saturated heterocycles. The third-order valence-electron chi connectivity index (χ3n) is 10.3. The van der Waals surface area contributed by atoms with E-state index in [9.17, 15) is 0 Å². The van der Waals surface area contributed by atoms with Crippen LogP contribution in [0, 0.1) is 0 Å². The van der Waals surface area contributed by atoms with Gasteiger partial charge in [0.25, 0.3) is 0 Å². The van der Waals surface area contributed by atoms with E-state index in [1.165, 1.54) is 12.7 Å². The van der Waals surface area contributed by atoms with E-state index in [0.29, 0.717) is 11.6 Å². The van der Waals surface area contributed by atoms with E-state index in [4.69, 9.17) is 18.8 Å². The molecule has 0 spiro atoms. The smallest absolute Gasteiger partial charge is 0.162 e. The Morgan fingerprint density at radius 2 is 0.821 bits per heavy atom. The Labute approximate surface area is 320 Å². The van der Waals surface area contributed by atoms with E-state index >= 15 is 0 Å². The van der Waals surface area contributed by atoms with Crippen LogP contribution < -0.4 is 0 Å². The lowest BCUT2D eigenvalue weighted by molar-refractivity contribution is 0.670. The molecule has 11 rings (SSSR count). The Balaban J connectivity index is 1.17. The van der Waals surface area contributed by atoms with Crippen LogP contribution in [0.5, 0.6) is 0 Å². The number of para-hydroxylation sites is 4. The van der Waals surface area contributed by atoms with Crippen LogP contribution in [0.25, 0.3) is 111 Å². The van der Waals surface area contributed by atoms with E-state index in [1.807, 2.05) is 78.9 Å². The number of benzene rings is 7. The summed E-state index contributed by atoms with van der Waals surface area (Å²) in [7, 11) is 0. The summed E-state index contributed by atoms with van der Waals surface area (Å²) in [5.74, 6) is 1.21. The number of aromatic nitrogens is 5. The van der Waals surface area contributed by atoms with Crippen LogP contribution in [-0.2, 0) is 0 Å². The van der Waals surface area contributed by atoms with Crippen molar-refractivity contribution in [3.63, 3.8) is 0 Å². The quantitative estimate of drug-likeness (QED) is 0.169. The summed E-state index contributed by atoms with van der Waals surface area (Å²) in [4.78, 5) is 23.2. The molecule has 262 valence electrons. The number of nitrogens with zero attached hydrogens (tertiary/aromatic N) is 5. The zero-order chi connectivity index (χ0) is 37.0. The molecule has 0 atom stereocenters. The zero-order valence-corrected chi connectivity index (χ0v) is 29.8. The second-order valence-corrected chi connectivity index (χ2v) is 13.7. The van der Waals surface area contributed by atoms with Gasteiger partial charge >= 0.3 is 0 Å². The summed E-state index contributed by atoms with van der Waals surface area (Å²) in [6.45, 7) is 0. The number of rotatable bonds is 6. The molecule has 0 aliphatic rings. The fourth-order valence-electron chi connectivity index (χ4n) is 7.70. The number of hydrogen-bond donors (Lipinski definition) is 0. The highest BCUT2D eigenvalue weighted by atomic mass is 16.3. The lowest BCUT2D eigenvalue weighted by atomic mass is 9.93. The van der Waals surface area contributed by atoms with Crippen LogP contribution in [0.1, 0.15) is 0 Å². The third kappa shape index (κ3) is 5.41. The number of fused-ring (bicyclic) bond motifs is 6. The first-order valence-corrected chi connectivity index (χ1v) is 18.4. The zero-order valence-electron chi connectivity index (χ0n) is 29.8. The topological polar surface area (TPSA) is 90.7 Å². The normalized spacial score (nSPS) is 11.6. The van der Waals surface area contributed by atoms with Crippen molar-refractivity contribution in [2.75, 3.05) is 0 Å². The molecule has 0 amide bonds. The molecule has 7 nitrogen and oxygen atoms in total. The van der Waals surface area contributed by atoms with E-state index in [0.717, 1.165) is 99.8 Å². The fourth-order valence-corrected chi connectivity index (χ4v) is 7.70. The van der Waals surface area contributed by atoms with Crippen molar-refractivity contribution in [2.24, 2.45) is 0 Å². The van der Waals surface area contributed by atoms with Gasteiger partial charge in [0.1, 0.15) is 35.0 Å². The predicted molar refractivity (Wildman–Crippen MR) is 223 cm³/mol. The average molecular weight is 720 g/mol. The molecule has 0 N–H and O–H groups in total. The second kappa shape index (κ2) is 13.0. The molecule has 56 heavy (non-hydrogen) atoms. The molecular weight excluding hydrogens is 691 g/mol. The maximum absolute atomic E-state index is 6.58. The molecule has 0 fully saturated rings. The van der Waals surface area contributed by atoms with Crippen molar-refractivity contribution in [1.29, 1.82) is 0 Å². The molecule has 0 bridgehead atoms. The Morgan fingerprint density at radius 1 is 0.339 bits per heavy atom. The first-order chi connectivity index (χ1) is 27.7. The molecule has 7 heteroatoms. The summed E-state index contributed by atoms with van der Waals surface area (Å²) in [6.07, 6.45) is 3.02. The van der Waals surface area contributed by atoms with E-state index in [1.54, 1.807) is 0 Å². The van der Waals surface area contributed by atoms with Gasteiger partial charge in [-0.1, -0.05) is 121 Å². The molecule has 0 unspecified atom stereocenters. The van der Waals surface area contributed by atoms with Gasteiger partial charge in [-0.2, -0.15) is 0 Å². The monoisotopic (exact) mass is 719 g/mol. The average Bonchev–Trinajstić information content (AvgIpc) is 3.86. The first-order valence-electron chi connectivity index (χ1n) is 18.4. The highest BCUT2D eigenvalue weighted by Gasteiger charge is 2.19. The molecule has 7 aromatic carbocycles. The van der Waals surface area contributed by atoms with Gasteiger partial charge in [0.2, 0.25) is 0 Å². The van der Waals surface area contributed by atoms with Crippen LogP contribution in [0.15, 0.2) is 185 Å². The molecule has 0 aliphatic heterocycles. The lowest BCUT2D eigenvalue weighted by Gasteiger charge is -2.14. The summed E-state index contributed by atoms with van der Waals surface area (Å²) in [5.41, 5.74) is 12.5. The van der Waals surface area contributed by atoms with Crippen molar-refractivity contribution < 1.29 is 8.83 Å². The summed E-state index contributed by atoms with van der Waals surface area (Å²) >= 11 is 0. The summed E-state index contributed by atoms with van der Waals surface area (Å²) in [6, 6.07) is 56.0. The maximum Gasteiger partial charge on any atom is 0.162 e. The molecule has 0 radical (unpaired) electrons. The first kappa shape index (κ1) is 31.7. The van der Waals surface area contributed by atoms with Gasteiger partial charge in [-0.25, -0.2) is 24.9 Å². The molecule has 0 aliphatic carbocycles. The summed E-state index contributed by atoms with van der Waals surface area (Å²) < 4.78 is 13.2. The molecule has 0 saturated carbocycles. The van der Waals surface area contributed by atoms with Crippen molar-refractivity contribution in [1.82, 2.24) is 24.9 Å². The highest BCUT2D eigenvalue weighted by molar-refractivity contribution is 6.11. The van der Waals surface area contributed by atoms with Crippen molar-refractivity contribution in [3.05, 3.63) is 176 Å². The maximum atomic E-state index is 6.58. The number of furan rings is 2. The van der Waals surface area contributed by atoms with Crippen LogP contribution in [-0.4, -0.2) is 24.9 Å². The Hall–Kier alpha value is -7.77. The van der Waals surface area contributed by atoms with Crippen LogP contribution in [0.3, 0.4) is 0 Å². The van der Waals surface area contributed by atoms with Gasteiger partial charge in [0.15, 0.2) is 11.6 Å². The van der Waals surface area contributed by atoms with Crippen molar-refractivity contribution in [2.45, 2.75) is 0 Å². The Morgan fingerprint density at radius 3 is 1.46 bits per heavy atom. The van der Waals surface area contributed by atoms with Crippen LogP contribution in [0.4, 0.5) is 0 Å². The van der Waals surface area contributed by atoms with Crippen molar-refractivity contribution >= 4 is 43.9 Å². The van der Waals surface area contributed by atoms with Gasteiger partial charge in [-0.15, -0.1) is 0 Å². The van der Waals surface area contributed by atoms with Gasteiger partial charge < -0.3 is 8.83 Å². The van der Waals surface area contributed by atoms with Gasteiger partial charge in [0.05, 0.1) is 11.4 Å². The highest BCUT2D eigenvalue weighted by Crippen LogP contribution is 2.42. The largest absolute Gasteiger partial charge is 0.455 e. The third-order valence-corrected chi connectivity index (χ3v) is 10.3. The minimum atomic E-state index is 0.594. The summed E-state index contributed by atoms with van der Waals surface area (Å²) in [5, 5.41) is 4.30. The molecule has 4 aromatic heterocycles. The van der Waals surface area contributed by atoms with Crippen LogP contribution in [0.2, 0.25) is 0 Å². The van der Waals surface area contributed by atoms with Crippen molar-refractivity contribution in [3.8, 4) is 67.5 Å². The SMILES string of the molecule is c1ccc(-c2nc(-c3cccc(-c4ncncn4)c3)cc(-c3cc(-c4cccc5c4oc4ccccc45)cc(-c4cccc5c4oc4ccccc45)c3)n2)cc1. The predicted octanol–water partition coefficient (Wildman–Crippen LogP) is 12.5. The molecule has 4 heterocycles.